The number of aromatic nitrogens is 1. The van der Waals surface area contributed by atoms with Gasteiger partial charge in [-0.2, -0.15) is 0 Å². The van der Waals surface area contributed by atoms with Gasteiger partial charge in [0.2, 0.25) is 0 Å². The number of nitrogens with one attached hydrogen (secondary N) is 1. The SMILES string of the molecule is CC(C)(C)OC(=O)Nc1ccc2c(-c3ccccc3CN)ccnc2c1. The monoisotopic (exact) mass is 349 g/mol. The zero-order valence-corrected chi connectivity index (χ0v) is 15.2. The first-order chi connectivity index (χ1) is 12.4. The molecule has 0 spiro atoms. The Balaban J connectivity index is 1.96. The fourth-order valence-corrected chi connectivity index (χ4v) is 2.84. The molecule has 1 aromatic heterocycles. The maximum Gasteiger partial charge on any atom is 0.412 e. The summed E-state index contributed by atoms with van der Waals surface area (Å²) < 4.78 is 5.29. The molecule has 0 saturated heterocycles. The molecule has 0 saturated carbocycles. The van der Waals surface area contributed by atoms with Crippen molar-refractivity contribution < 1.29 is 9.53 Å². The van der Waals surface area contributed by atoms with Crippen molar-refractivity contribution in [3.8, 4) is 11.1 Å². The number of pyridine rings is 1. The molecule has 0 aliphatic rings. The highest BCUT2D eigenvalue weighted by Gasteiger charge is 2.16. The van der Waals surface area contributed by atoms with E-state index in [1.165, 1.54) is 0 Å². The van der Waals surface area contributed by atoms with Crippen LogP contribution in [-0.2, 0) is 11.3 Å². The Bertz CT molecular complexity index is 945. The van der Waals surface area contributed by atoms with Gasteiger partial charge in [-0.25, -0.2) is 4.79 Å². The summed E-state index contributed by atoms with van der Waals surface area (Å²) in [7, 11) is 0. The lowest BCUT2D eigenvalue weighted by Gasteiger charge is -2.19. The third-order valence-electron chi connectivity index (χ3n) is 3.92. The molecule has 5 heteroatoms. The molecular formula is C21H23N3O2. The maximum atomic E-state index is 12.0. The van der Waals surface area contributed by atoms with Crippen molar-refractivity contribution in [2.75, 3.05) is 5.32 Å². The molecule has 0 aliphatic heterocycles. The van der Waals surface area contributed by atoms with Gasteiger partial charge in [0.05, 0.1) is 5.52 Å². The van der Waals surface area contributed by atoms with Crippen LogP contribution in [-0.4, -0.2) is 16.7 Å². The molecule has 3 rings (SSSR count). The molecule has 0 bridgehead atoms. The summed E-state index contributed by atoms with van der Waals surface area (Å²) in [6.45, 7) is 5.96. The van der Waals surface area contributed by atoms with Gasteiger partial charge in [-0.05, 0) is 55.7 Å². The second kappa shape index (κ2) is 7.14. The second-order valence-electron chi connectivity index (χ2n) is 7.08. The van der Waals surface area contributed by atoms with E-state index in [2.05, 4.69) is 16.4 Å². The molecule has 5 nitrogen and oxygen atoms in total. The van der Waals surface area contributed by atoms with E-state index in [1.54, 1.807) is 6.20 Å². The summed E-state index contributed by atoms with van der Waals surface area (Å²) >= 11 is 0. The van der Waals surface area contributed by atoms with Crippen molar-refractivity contribution in [2.24, 2.45) is 5.73 Å². The van der Waals surface area contributed by atoms with Gasteiger partial charge >= 0.3 is 6.09 Å². The predicted octanol–water partition coefficient (Wildman–Crippen LogP) is 4.71. The van der Waals surface area contributed by atoms with Crippen LogP contribution in [0.5, 0.6) is 0 Å². The standard InChI is InChI=1S/C21H23N3O2/c1-21(2,3)26-20(25)24-15-8-9-18-17(10-11-23-19(18)12-15)16-7-5-4-6-14(16)13-22/h4-12H,13,22H2,1-3H3,(H,24,25). The van der Waals surface area contributed by atoms with E-state index < -0.39 is 11.7 Å². The van der Waals surface area contributed by atoms with Crippen molar-refractivity contribution in [1.82, 2.24) is 4.98 Å². The Morgan fingerprint density at radius 3 is 2.62 bits per heavy atom. The van der Waals surface area contributed by atoms with E-state index in [0.29, 0.717) is 12.2 Å². The summed E-state index contributed by atoms with van der Waals surface area (Å²) in [4.78, 5) is 16.4. The Kier molecular flexibility index (Phi) is 4.91. The van der Waals surface area contributed by atoms with E-state index in [9.17, 15) is 4.79 Å². The molecule has 2 aromatic carbocycles. The topological polar surface area (TPSA) is 77.2 Å². The van der Waals surface area contributed by atoms with Gasteiger partial charge in [0.1, 0.15) is 5.60 Å². The first-order valence-electron chi connectivity index (χ1n) is 8.54. The number of nitrogens with zero attached hydrogens (tertiary/aromatic N) is 1. The highest BCUT2D eigenvalue weighted by atomic mass is 16.6. The minimum Gasteiger partial charge on any atom is -0.444 e. The van der Waals surface area contributed by atoms with Gasteiger partial charge < -0.3 is 10.5 Å². The molecule has 1 amide bonds. The quantitative estimate of drug-likeness (QED) is 0.718. The van der Waals surface area contributed by atoms with E-state index in [-0.39, 0.29) is 0 Å². The zero-order chi connectivity index (χ0) is 18.7. The van der Waals surface area contributed by atoms with Gasteiger partial charge in [0, 0.05) is 23.8 Å². The number of benzene rings is 2. The van der Waals surface area contributed by atoms with E-state index in [1.807, 2.05) is 63.2 Å². The maximum absolute atomic E-state index is 12.0. The van der Waals surface area contributed by atoms with Crippen LogP contribution in [0, 0.1) is 0 Å². The largest absolute Gasteiger partial charge is 0.444 e. The van der Waals surface area contributed by atoms with Gasteiger partial charge in [-0.3, -0.25) is 10.3 Å². The number of hydrogen-bond donors (Lipinski definition) is 2. The van der Waals surface area contributed by atoms with Crippen LogP contribution in [0.4, 0.5) is 10.5 Å². The molecule has 0 aliphatic carbocycles. The fraction of sp³-hybridized carbons (Fsp3) is 0.238. The minimum absolute atomic E-state index is 0.471. The van der Waals surface area contributed by atoms with Crippen LogP contribution in [0.25, 0.3) is 22.0 Å². The van der Waals surface area contributed by atoms with Crippen molar-refractivity contribution in [2.45, 2.75) is 32.9 Å². The van der Waals surface area contributed by atoms with Gasteiger partial charge in [0.25, 0.3) is 0 Å². The number of anilines is 1. The highest BCUT2D eigenvalue weighted by Crippen LogP contribution is 2.31. The zero-order valence-electron chi connectivity index (χ0n) is 15.2. The molecule has 0 atom stereocenters. The number of carbonyl (C=O) groups is 1. The van der Waals surface area contributed by atoms with Crippen LogP contribution in [0.15, 0.2) is 54.7 Å². The number of nitrogens with two attached hydrogens (primary N) is 1. The third kappa shape index (κ3) is 4.00. The fourth-order valence-electron chi connectivity index (χ4n) is 2.84. The van der Waals surface area contributed by atoms with Gasteiger partial charge in [-0.15, -0.1) is 0 Å². The number of amides is 1. The number of carbonyl (C=O) groups excluding carboxylic acids is 1. The van der Waals surface area contributed by atoms with Crippen LogP contribution in [0.1, 0.15) is 26.3 Å². The van der Waals surface area contributed by atoms with E-state index in [0.717, 1.165) is 27.6 Å². The van der Waals surface area contributed by atoms with Gasteiger partial charge in [0.15, 0.2) is 0 Å². The number of rotatable bonds is 3. The van der Waals surface area contributed by atoms with Crippen molar-refractivity contribution in [3.63, 3.8) is 0 Å². The lowest BCUT2D eigenvalue weighted by Crippen LogP contribution is -2.27. The first-order valence-corrected chi connectivity index (χ1v) is 8.54. The Morgan fingerprint density at radius 2 is 1.88 bits per heavy atom. The molecule has 0 fully saturated rings. The van der Waals surface area contributed by atoms with Crippen LogP contribution >= 0.6 is 0 Å². The van der Waals surface area contributed by atoms with Crippen molar-refractivity contribution in [1.29, 1.82) is 0 Å². The Labute approximate surface area is 153 Å². The van der Waals surface area contributed by atoms with Crippen LogP contribution < -0.4 is 11.1 Å². The average Bonchev–Trinajstić information content (AvgIpc) is 2.59. The molecule has 134 valence electrons. The number of hydrogen-bond acceptors (Lipinski definition) is 4. The molecule has 3 N–H and O–H groups in total. The normalized spacial score (nSPS) is 11.4. The summed E-state index contributed by atoms with van der Waals surface area (Å²) in [6.07, 6.45) is 1.28. The Morgan fingerprint density at radius 1 is 1.12 bits per heavy atom. The molecule has 26 heavy (non-hydrogen) atoms. The smallest absolute Gasteiger partial charge is 0.412 e. The summed E-state index contributed by atoms with van der Waals surface area (Å²) in [6, 6.07) is 15.7. The molecule has 0 radical (unpaired) electrons. The lowest BCUT2D eigenvalue weighted by atomic mass is 9.96. The molecule has 3 aromatic rings. The van der Waals surface area contributed by atoms with Crippen molar-refractivity contribution >= 4 is 22.7 Å². The lowest BCUT2D eigenvalue weighted by molar-refractivity contribution is 0.0636. The summed E-state index contributed by atoms with van der Waals surface area (Å²) in [5.74, 6) is 0. The molecule has 1 heterocycles. The second-order valence-corrected chi connectivity index (χ2v) is 7.08. The molecule has 0 unspecified atom stereocenters. The third-order valence-corrected chi connectivity index (χ3v) is 3.92. The van der Waals surface area contributed by atoms with Crippen LogP contribution in [0.2, 0.25) is 0 Å². The van der Waals surface area contributed by atoms with Crippen LogP contribution in [0.3, 0.4) is 0 Å². The highest BCUT2D eigenvalue weighted by molar-refractivity contribution is 5.98. The summed E-state index contributed by atoms with van der Waals surface area (Å²) in [5, 5.41) is 3.75. The minimum atomic E-state index is -0.543. The molecular weight excluding hydrogens is 326 g/mol. The number of fused-ring (bicyclic) bond motifs is 1. The number of ether oxygens (including phenoxy) is 1. The van der Waals surface area contributed by atoms with Crippen molar-refractivity contribution in [3.05, 3.63) is 60.3 Å². The van der Waals surface area contributed by atoms with E-state index >= 15 is 0 Å². The Hall–Kier alpha value is -2.92. The first kappa shape index (κ1) is 17.9. The average molecular weight is 349 g/mol. The van der Waals surface area contributed by atoms with Gasteiger partial charge in [-0.1, -0.05) is 30.3 Å². The van der Waals surface area contributed by atoms with E-state index in [4.69, 9.17) is 10.5 Å². The summed E-state index contributed by atoms with van der Waals surface area (Å²) in [5.41, 5.74) is 10.0. The predicted molar refractivity (Wildman–Crippen MR) is 105 cm³/mol.